The SMILES string of the molecule is CCNc1nc(C)cc(N2CCC3CCC(C2)N3C)n1. The molecule has 110 valence electrons. The summed E-state index contributed by atoms with van der Waals surface area (Å²) in [5.41, 5.74) is 1.04. The summed E-state index contributed by atoms with van der Waals surface area (Å²) < 4.78 is 0. The van der Waals surface area contributed by atoms with Gasteiger partial charge in [0.15, 0.2) is 0 Å². The van der Waals surface area contributed by atoms with Crippen LogP contribution >= 0.6 is 0 Å². The van der Waals surface area contributed by atoms with Crippen molar-refractivity contribution >= 4 is 11.8 Å². The van der Waals surface area contributed by atoms with Crippen molar-refractivity contribution in [2.75, 3.05) is 36.9 Å². The predicted molar refractivity (Wildman–Crippen MR) is 82.3 cm³/mol. The highest BCUT2D eigenvalue weighted by Gasteiger charge is 2.35. The molecule has 2 unspecified atom stereocenters. The van der Waals surface area contributed by atoms with E-state index in [-0.39, 0.29) is 0 Å². The number of hydrogen-bond donors (Lipinski definition) is 1. The first-order valence-corrected chi connectivity index (χ1v) is 7.74. The van der Waals surface area contributed by atoms with Crippen molar-refractivity contribution < 1.29 is 0 Å². The highest BCUT2D eigenvalue weighted by molar-refractivity contribution is 5.45. The minimum Gasteiger partial charge on any atom is -0.355 e. The molecule has 0 aromatic carbocycles. The van der Waals surface area contributed by atoms with Gasteiger partial charge in [0.1, 0.15) is 5.82 Å². The third-order valence-electron chi connectivity index (χ3n) is 4.65. The number of nitrogens with one attached hydrogen (secondary N) is 1. The van der Waals surface area contributed by atoms with Gasteiger partial charge < -0.3 is 10.2 Å². The van der Waals surface area contributed by atoms with Crippen LogP contribution in [0.1, 0.15) is 31.9 Å². The topological polar surface area (TPSA) is 44.3 Å². The summed E-state index contributed by atoms with van der Waals surface area (Å²) in [5, 5.41) is 3.23. The Hall–Kier alpha value is -1.36. The molecule has 0 radical (unpaired) electrons. The maximum Gasteiger partial charge on any atom is 0.224 e. The fourth-order valence-corrected chi connectivity index (χ4v) is 3.47. The molecule has 2 saturated heterocycles. The van der Waals surface area contributed by atoms with E-state index >= 15 is 0 Å². The van der Waals surface area contributed by atoms with Crippen LogP contribution in [0.5, 0.6) is 0 Å². The molecule has 1 aromatic rings. The van der Waals surface area contributed by atoms with E-state index in [0.29, 0.717) is 6.04 Å². The van der Waals surface area contributed by atoms with Crippen LogP contribution in [-0.2, 0) is 0 Å². The maximum atomic E-state index is 4.68. The van der Waals surface area contributed by atoms with E-state index in [0.717, 1.165) is 43.1 Å². The number of hydrogen-bond acceptors (Lipinski definition) is 5. The summed E-state index contributed by atoms with van der Waals surface area (Å²) in [4.78, 5) is 14.1. The summed E-state index contributed by atoms with van der Waals surface area (Å²) in [7, 11) is 2.28. The molecule has 0 amide bonds. The van der Waals surface area contributed by atoms with Gasteiger partial charge in [0, 0.05) is 43.5 Å². The fourth-order valence-electron chi connectivity index (χ4n) is 3.47. The van der Waals surface area contributed by atoms with Gasteiger partial charge in [0.05, 0.1) is 0 Å². The van der Waals surface area contributed by atoms with Crippen molar-refractivity contribution in [2.45, 2.75) is 45.2 Å². The van der Waals surface area contributed by atoms with Gasteiger partial charge in [-0.05, 0) is 40.2 Å². The lowest BCUT2D eigenvalue weighted by molar-refractivity contribution is 0.254. The average molecular weight is 275 g/mol. The molecule has 1 N–H and O–H groups in total. The Balaban J connectivity index is 1.82. The Bertz CT molecular complexity index is 475. The lowest BCUT2D eigenvalue weighted by Gasteiger charge is -2.27. The van der Waals surface area contributed by atoms with Crippen molar-refractivity contribution in [3.05, 3.63) is 11.8 Å². The molecule has 5 heteroatoms. The van der Waals surface area contributed by atoms with Gasteiger partial charge in [-0.2, -0.15) is 4.98 Å². The first-order valence-electron chi connectivity index (χ1n) is 7.74. The Morgan fingerprint density at radius 3 is 2.85 bits per heavy atom. The van der Waals surface area contributed by atoms with E-state index in [4.69, 9.17) is 0 Å². The van der Waals surface area contributed by atoms with Crippen LogP contribution in [-0.4, -0.2) is 53.6 Å². The van der Waals surface area contributed by atoms with Gasteiger partial charge in [-0.1, -0.05) is 0 Å². The van der Waals surface area contributed by atoms with Crippen LogP contribution in [0.3, 0.4) is 0 Å². The van der Waals surface area contributed by atoms with Crippen LogP contribution < -0.4 is 10.2 Å². The number of fused-ring (bicyclic) bond motifs is 2. The zero-order valence-corrected chi connectivity index (χ0v) is 12.8. The Kier molecular flexibility index (Phi) is 3.78. The predicted octanol–water partition coefficient (Wildman–Crippen LogP) is 1.89. The number of nitrogens with zero attached hydrogens (tertiary/aromatic N) is 4. The van der Waals surface area contributed by atoms with Crippen LogP contribution in [0.2, 0.25) is 0 Å². The summed E-state index contributed by atoms with van der Waals surface area (Å²) in [6, 6.07) is 3.56. The molecule has 20 heavy (non-hydrogen) atoms. The minimum atomic E-state index is 0.681. The smallest absolute Gasteiger partial charge is 0.224 e. The average Bonchev–Trinajstić information content (AvgIpc) is 2.62. The molecule has 2 bridgehead atoms. The summed E-state index contributed by atoms with van der Waals surface area (Å²) in [6.07, 6.45) is 3.93. The van der Waals surface area contributed by atoms with Crippen LogP contribution in [0.25, 0.3) is 0 Å². The van der Waals surface area contributed by atoms with E-state index in [1.54, 1.807) is 0 Å². The van der Waals surface area contributed by atoms with Gasteiger partial charge >= 0.3 is 0 Å². The largest absolute Gasteiger partial charge is 0.355 e. The molecule has 2 aliphatic rings. The van der Waals surface area contributed by atoms with Crippen molar-refractivity contribution in [2.24, 2.45) is 0 Å². The standard InChI is InChI=1S/C15H25N5/c1-4-16-15-17-11(2)9-14(18-15)20-8-7-12-5-6-13(10-20)19(12)3/h9,12-13H,4-8,10H2,1-3H3,(H,16,17,18). The van der Waals surface area contributed by atoms with E-state index < -0.39 is 0 Å². The molecule has 0 saturated carbocycles. The van der Waals surface area contributed by atoms with Gasteiger partial charge in [-0.15, -0.1) is 0 Å². The van der Waals surface area contributed by atoms with Gasteiger partial charge in [-0.3, -0.25) is 4.90 Å². The third-order valence-corrected chi connectivity index (χ3v) is 4.65. The molecule has 1 aromatic heterocycles. The lowest BCUT2D eigenvalue weighted by atomic mass is 10.1. The van der Waals surface area contributed by atoms with Crippen molar-refractivity contribution in [3.63, 3.8) is 0 Å². The normalized spacial score (nSPS) is 26.6. The number of likely N-dealkylation sites (N-methyl/N-ethyl adjacent to an activating group) is 1. The molecule has 3 rings (SSSR count). The third kappa shape index (κ3) is 2.59. The quantitative estimate of drug-likeness (QED) is 0.912. The summed E-state index contributed by atoms with van der Waals surface area (Å²) in [6.45, 7) is 7.17. The zero-order chi connectivity index (χ0) is 14.1. The Morgan fingerprint density at radius 1 is 1.25 bits per heavy atom. The molecule has 2 atom stereocenters. The number of rotatable bonds is 3. The Labute approximate surface area is 121 Å². The number of aromatic nitrogens is 2. The van der Waals surface area contributed by atoms with Crippen molar-refractivity contribution in [1.29, 1.82) is 0 Å². The molecule has 2 aliphatic heterocycles. The summed E-state index contributed by atoms with van der Waals surface area (Å²) in [5.74, 6) is 1.83. The lowest BCUT2D eigenvalue weighted by Crippen LogP contribution is -2.37. The van der Waals surface area contributed by atoms with E-state index in [1.165, 1.54) is 19.3 Å². The molecule has 0 spiro atoms. The second-order valence-corrected chi connectivity index (χ2v) is 6.01. The minimum absolute atomic E-state index is 0.681. The van der Waals surface area contributed by atoms with E-state index in [9.17, 15) is 0 Å². The van der Waals surface area contributed by atoms with Crippen LogP contribution in [0.4, 0.5) is 11.8 Å². The van der Waals surface area contributed by atoms with Gasteiger partial charge in [-0.25, -0.2) is 4.98 Å². The molecule has 2 fully saturated rings. The molecular weight excluding hydrogens is 250 g/mol. The summed E-state index contributed by atoms with van der Waals surface area (Å²) >= 11 is 0. The molecule has 3 heterocycles. The first-order chi connectivity index (χ1) is 9.67. The first kappa shape index (κ1) is 13.6. The zero-order valence-electron chi connectivity index (χ0n) is 12.8. The fraction of sp³-hybridized carbons (Fsp3) is 0.733. The van der Waals surface area contributed by atoms with Crippen molar-refractivity contribution in [1.82, 2.24) is 14.9 Å². The highest BCUT2D eigenvalue weighted by atomic mass is 15.3. The molecule has 0 aliphatic carbocycles. The Morgan fingerprint density at radius 2 is 2.05 bits per heavy atom. The van der Waals surface area contributed by atoms with Crippen LogP contribution in [0, 0.1) is 6.92 Å². The number of aryl methyl sites for hydroxylation is 1. The monoisotopic (exact) mass is 275 g/mol. The van der Waals surface area contributed by atoms with Gasteiger partial charge in [0.2, 0.25) is 5.95 Å². The van der Waals surface area contributed by atoms with Crippen molar-refractivity contribution in [3.8, 4) is 0 Å². The maximum absolute atomic E-state index is 4.68. The second-order valence-electron chi connectivity index (χ2n) is 6.01. The van der Waals surface area contributed by atoms with Crippen LogP contribution in [0.15, 0.2) is 6.07 Å². The highest BCUT2D eigenvalue weighted by Crippen LogP contribution is 2.30. The second kappa shape index (κ2) is 5.56. The molecular formula is C15H25N5. The van der Waals surface area contributed by atoms with E-state index in [2.05, 4.69) is 45.1 Å². The number of anilines is 2. The molecule has 5 nitrogen and oxygen atoms in total. The van der Waals surface area contributed by atoms with E-state index in [1.807, 2.05) is 6.92 Å². The van der Waals surface area contributed by atoms with Gasteiger partial charge in [0.25, 0.3) is 0 Å².